The highest BCUT2D eigenvalue weighted by Crippen LogP contribution is 2.39. The van der Waals surface area contributed by atoms with E-state index in [1.807, 2.05) is 0 Å². The molecule has 2 N–H and O–H groups in total. The summed E-state index contributed by atoms with van der Waals surface area (Å²) in [5.41, 5.74) is 1.15. The number of pyridine rings is 1. The van der Waals surface area contributed by atoms with Crippen LogP contribution in [-0.4, -0.2) is 31.9 Å². The van der Waals surface area contributed by atoms with Crippen LogP contribution in [0.25, 0.3) is 5.65 Å². The summed E-state index contributed by atoms with van der Waals surface area (Å²) in [5.74, 6) is -0.808. The van der Waals surface area contributed by atoms with E-state index in [2.05, 4.69) is 25.2 Å². The molecule has 3 aromatic rings. The fraction of sp³-hybridized carbons (Fsp3) is 0.353. The first kappa shape index (κ1) is 18.6. The van der Waals surface area contributed by atoms with E-state index in [0.29, 0.717) is 11.7 Å². The van der Waals surface area contributed by atoms with Crippen molar-refractivity contribution in [1.82, 2.24) is 19.6 Å². The molecule has 1 atom stereocenters. The number of hydrogen-bond acceptors (Lipinski definition) is 4. The molecular formula is C17H15ClF3N5O2. The molecule has 3 aromatic heterocycles. The van der Waals surface area contributed by atoms with E-state index < -0.39 is 18.0 Å². The second kappa shape index (κ2) is 6.69. The minimum absolute atomic E-state index is 0.0388. The number of anilines is 1. The Kier molecular flexibility index (Phi) is 4.45. The van der Waals surface area contributed by atoms with Gasteiger partial charge >= 0.3 is 6.36 Å². The van der Waals surface area contributed by atoms with E-state index in [-0.39, 0.29) is 22.3 Å². The van der Waals surface area contributed by atoms with Crippen LogP contribution in [0.5, 0.6) is 5.75 Å². The van der Waals surface area contributed by atoms with Crippen molar-refractivity contribution in [3.8, 4) is 5.75 Å². The van der Waals surface area contributed by atoms with Crippen molar-refractivity contribution >= 4 is 29.0 Å². The lowest BCUT2D eigenvalue weighted by molar-refractivity contribution is -0.274. The fourth-order valence-electron chi connectivity index (χ4n) is 2.83. The van der Waals surface area contributed by atoms with Crippen molar-refractivity contribution in [2.24, 2.45) is 0 Å². The first-order chi connectivity index (χ1) is 13.2. The first-order valence-electron chi connectivity index (χ1n) is 8.49. The molecule has 28 heavy (non-hydrogen) atoms. The number of carbonyl (C=O) groups excluding carboxylic acids is 1. The number of carbonyl (C=O) groups is 1. The number of nitrogens with one attached hydrogen (secondary N) is 2. The minimum atomic E-state index is -4.89. The van der Waals surface area contributed by atoms with Crippen molar-refractivity contribution in [3.63, 3.8) is 0 Å². The van der Waals surface area contributed by atoms with Crippen LogP contribution in [0.2, 0.25) is 5.02 Å². The summed E-state index contributed by atoms with van der Waals surface area (Å²) < 4.78 is 43.2. The summed E-state index contributed by atoms with van der Waals surface area (Å²) in [6, 6.07) is 2.80. The highest BCUT2D eigenvalue weighted by atomic mass is 35.5. The number of aromatic amines is 1. The molecule has 1 aliphatic rings. The minimum Gasteiger partial charge on any atom is -0.402 e. The number of rotatable bonds is 5. The molecule has 148 valence electrons. The average Bonchev–Trinajstić information content (AvgIpc) is 3.18. The van der Waals surface area contributed by atoms with Gasteiger partial charge in [-0.1, -0.05) is 11.6 Å². The summed E-state index contributed by atoms with van der Waals surface area (Å²) >= 11 is 5.86. The molecule has 7 nitrogen and oxygen atoms in total. The molecule has 1 unspecified atom stereocenters. The normalized spacial score (nSPS) is 15.6. The van der Waals surface area contributed by atoms with Crippen LogP contribution < -0.4 is 10.1 Å². The topological polar surface area (TPSA) is 84.3 Å². The predicted octanol–water partition coefficient (Wildman–Crippen LogP) is 4.23. The standard InChI is InChI=1S/C17H15ClF3N5O2/c1-8(16(27)23-14-5-11(24-25-14)9-2-3-9)12-7-26-6-10(18)4-13(15(26)22-12)28-17(19,20)21/h4-9H,2-3H2,1H3,(H2,23,24,25,27). The largest absolute Gasteiger partial charge is 0.573 e. The number of alkyl halides is 3. The zero-order chi connectivity index (χ0) is 20.1. The van der Waals surface area contributed by atoms with Gasteiger partial charge in [0.1, 0.15) is 0 Å². The van der Waals surface area contributed by atoms with E-state index in [4.69, 9.17) is 11.6 Å². The van der Waals surface area contributed by atoms with Gasteiger partial charge < -0.3 is 14.5 Å². The maximum Gasteiger partial charge on any atom is 0.573 e. The van der Waals surface area contributed by atoms with Crippen molar-refractivity contribution in [2.45, 2.75) is 38.0 Å². The van der Waals surface area contributed by atoms with Crippen molar-refractivity contribution < 1.29 is 22.7 Å². The van der Waals surface area contributed by atoms with Crippen LogP contribution in [0.1, 0.15) is 43.0 Å². The summed E-state index contributed by atoms with van der Waals surface area (Å²) in [6.45, 7) is 1.59. The lowest BCUT2D eigenvalue weighted by Crippen LogP contribution is -2.19. The number of fused-ring (bicyclic) bond motifs is 1. The molecule has 1 saturated carbocycles. The van der Waals surface area contributed by atoms with E-state index in [9.17, 15) is 18.0 Å². The molecule has 1 aliphatic carbocycles. The molecule has 0 aromatic carbocycles. The van der Waals surface area contributed by atoms with Crippen LogP contribution in [0.4, 0.5) is 19.0 Å². The number of H-pyrrole nitrogens is 1. The van der Waals surface area contributed by atoms with E-state index in [1.165, 1.54) is 16.8 Å². The Morgan fingerprint density at radius 1 is 1.39 bits per heavy atom. The SMILES string of the molecule is CC(C(=O)Nc1cc(C2CC2)[nH]n1)c1cn2cc(Cl)cc(OC(F)(F)F)c2n1. The molecule has 0 radical (unpaired) electrons. The number of hydrogen-bond donors (Lipinski definition) is 2. The number of nitrogens with zero attached hydrogens (tertiary/aromatic N) is 3. The Balaban J connectivity index is 1.56. The molecule has 0 spiro atoms. The zero-order valence-corrected chi connectivity index (χ0v) is 15.3. The lowest BCUT2D eigenvalue weighted by atomic mass is 10.1. The van der Waals surface area contributed by atoms with Crippen LogP contribution in [0.3, 0.4) is 0 Å². The van der Waals surface area contributed by atoms with Crippen molar-refractivity contribution in [3.05, 3.63) is 40.9 Å². The Morgan fingerprint density at radius 3 is 2.82 bits per heavy atom. The summed E-state index contributed by atoms with van der Waals surface area (Å²) in [6.07, 6.45) is 0.126. The Hall–Kier alpha value is -2.75. The van der Waals surface area contributed by atoms with Crippen LogP contribution in [0.15, 0.2) is 24.5 Å². The molecular weight excluding hydrogens is 399 g/mol. The Morgan fingerprint density at radius 2 is 2.14 bits per heavy atom. The molecule has 0 bridgehead atoms. The molecule has 4 rings (SSSR count). The van der Waals surface area contributed by atoms with Gasteiger partial charge in [0, 0.05) is 36.1 Å². The fourth-order valence-corrected chi connectivity index (χ4v) is 3.04. The average molecular weight is 414 g/mol. The quantitative estimate of drug-likeness (QED) is 0.655. The Labute approximate surface area is 161 Å². The van der Waals surface area contributed by atoms with Crippen molar-refractivity contribution in [1.29, 1.82) is 0 Å². The first-order valence-corrected chi connectivity index (χ1v) is 8.87. The second-order valence-corrected chi connectivity index (χ2v) is 7.10. The molecule has 3 heterocycles. The maximum absolute atomic E-state index is 12.6. The highest BCUT2D eigenvalue weighted by Gasteiger charge is 2.33. The van der Waals surface area contributed by atoms with Gasteiger partial charge in [0.15, 0.2) is 17.2 Å². The number of ether oxygens (including phenoxy) is 1. The zero-order valence-electron chi connectivity index (χ0n) is 14.5. The number of amides is 1. The smallest absolute Gasteiger partial charge is 0.402 e. The predicted molar refractivity (Wildman–Crippen MR) is 94.5 cm³/mol. The molecule has 1 amide bonds. The molecule has 0 saturated heterocycles. The Bertz CT molecular complexity index is 1040. The number of imidazole rings is 1. The van der Waals surface area contributed by atoms with Crippen LogP contribution in [-0.2, 0) is 4.79 Å². The van der Waals surface area contributed by atoms with Gasteiger partial charge in [-0.25, -0.2) is 4.98 Å². The van der Waals surface area contributed by atoms with E-state index in [0.717, 1.165) is 24.6 Å². The molecule has 1 fully saturated rings. The molecule has 11 heteroatoms. The lowest BCUT2D eigenvalue weighted by Gasteiger charge is -2.10. The summed E-state index contributed by atoms with van der Waals surface area (Å²) in [7, 11) is 0. The van der Waals surface area contributed by atoms with Crippen LogP contribution >= 0.6 is 11.6 Å². The monoisotopic (exact) mass is 413 g/mol. The third-order valence-corrected chi connectivity index (χ3v) is 4.64. The van der Waals surface area contributed by atoms with Crippen molar-refractivity contribution in [2.75, 3.05) is 5.32 Å². The van der Waals surface area contributed by atoms with E-state index in [1.54, 1.807) is 13.0 Å². The van der Waals surface area contributed by atoms with Gasteiger partial charge in [-0.2, -0.15) is 5.10 Å². The third-order valence-electron chi connectivity index (χ3n) is 4.43. The van der Waals surface area contributed by atoms with Gasteiger partial charge in [0.05, 0.1) is 16.6 Å². The summed E-state index contributed by atoms with van der Waals surface area (Å²) in [5, 5.41) is 9.67. The van der Waals surface area contributed by atoms with E-state index >= 15 is 0 Å². The molecule has 0 aliphatic heterocycles. The van der Waals surface area contributed by atoms with Crippen LogP contribution in [0, 0.1) is 0 Å². The highest BCUT2D eigenvalue weighted by molar-refractivity contribution is 6.30. The van der Waals surface area contributed by atoms with Gasteiger partial charge in [0.25, 0.3) is 0 Å². The van der Waals surface area contributed by atoms with Gasteiger partial charge in [-0.15, -0.1) is 13.2 Å². The van der Waals surface area contributed by atoms with Gasteiger partial charge in [0.2, 0.25) is 5.91 Å². The second-order valence-electron chi connectivity index (χ2n) is 6.66. The summed E-state index contributed by atoms with van der Waals surface area (Å²) in [4.78, 5) is 16.6. The van der Waals surface area contributed by atoms with Gasteiger partial charge in [-0.05, 0) is 19.8 Å². The maximum atomic E-state index is 12.6. The third kappa shape index (κ3) is 3.91. The number of halogens is 4. The van der Waals surface area contributed by atoms with Gasteiger partial charge in [-0.3, -0.25) is 9.89 Å². The number of aromatic nitrogens is 4.